The average molecular weight is 222 g/mol. The molecule has 0 aliphatic heterocycles. The van der Waals surface area contributed by atoms with Crippen LogP contribution in [0.3, 0.4) is 0 Å². The standard InChI is InChI=1S/C12H8F2O2/c13-10-2-1-8(5-11(10)14)6-12(15)9-3-4-16-7-9/h1-5,7H,6H2. The van der Waals surface area contributed by atoms with Gasteiger partial charge < -0.3 is 4.42 Å². The van der Waals surface area contributed by atoms with Crippen LogP contribution >= 0.6 is 0 Å². The van der Waals surface area contributed by atoms with Gasteiger partial charge in [-0.1, -0.05) is 6.07 Å². The second kappa shape index (κ2) is 4.26. The first-order valence-corrected chi connectivity index (χ1v) is 4.66. The van der Waals surface area contributed by atoms with Gasteiger partial charge in [-0.3, -0.25) is 4.79 Å². The Bertz CT molecular complexity index is 504. The molecule has 0 bridgehead atoms. The molecule has 0 unspecified atom stereocenters. The maximum atomic E-state index is 12.9. The molecule has 0 saturated carbocycles. The normalized spacial score (nSPS) is 10.4. The summed E-state index contributed by atoms with van der Waals surface area (Å²) in [4.78, 5) is 11.6. The van der Waals surface area contributed by atoms with Crippen molar-refractivity contribution in [3.05, 3.63) is 59.6 Å². The molecule has 0 saturated heterocycles. The molecule has 0 fully saturated rings. The highest BCUT2D eigenvalue weighted by Crippen LogP contribution is 2.12. The number of benzene rings is 1. The maximum absolute atomic E-state index is 12.9. The van der Waals surface area contributed by atoms with Gasteiger partial charge >= 0.3 is 0 Å². The topological polar surface area (TPSA) is 30.2 Å². The highest BCUT2D eigenvalue weighted by molar-refractivity contribution is 5.97. The molecule has 0 atom stereocenters. The van der Waals surface area contributed by atoms with E-state index in [1.807, 2.05) is 0 Å². The Morgan fingerprint density at radius 1 is 1.19 bits per heavy atom. The molecular weight excluding hydrogens is 214 g/mol. The van der Waals surface area contributed by atoms with E-state index < -0.39 is 11.6 Å². The van der Waals surface area contributed by atoms with Crippen molar-refractivity contribution in [3.63, 3.8) is 0 Å². The van der Waals surface area contributed by atoms with E-state index in [1.54, 1.807) is 0 Å². The summed E-state index contributed by atoms with van der Waals surface area (Å²) in [6, 6.07) is 4.94. The molecule has 0 radical (unpaired) electrons. The van der Waals surface area contributed by atoms with E-state index in [9.17, 15) is 13.6 Å². The van der Waals surface area contributed by atoms with Crippen LogP contribution in [0.4, 0.5) is 8.78 Å². The van der Waals surface area contributed by atoms with Crippen molar-refractivity contribution >= 4 is 5.78 Å². The third-order valence-corrected chi connectivity index (χ3v) is 2.19. The lowest BCUT2D eigenvalue weighted by Crippen LogP contribution is -2.02. The molecule has 4 heteroatoms. The molecule has 1 heterocycles. The summed E-state index contributed by atoms with van der Waals surface area (Å²) in [7, 11) is 0. The van der Waals surface area contributed by atoms with Crippen molar-refractivity contribution in [1.82, 2.24) is 0 Å². The van der Waals surface area contributed by atoms with Crippen molar-refractivity contribution in [2.45, 2.75) is 6.42 Å². The monoisotopic (exact) mass is 222 g/mol. The summed E-state index contributed by atoms with van der Waals surface area (Å²) in [6.07, 6.45) is 2.73. The van der Waals surface area contributed by atoms with Crippen LogP contribution in [-0.4, -0.2) is 5.78 Å². The largest absolute Gasteiger partial charge is 0.472 e. The van der Waals surface area contributed by atoms with Crippen molar-refractivity contribution in [2.75, 3.05) is 0 Å². The number of halogens is 2. The van der Waals surface area contributed by atoms with Gasteiger partial charge in [0, 0.05) is 6.42 Å². The number of carbonyl (C=O) groups is 1. The van der Waals surface area contributed by atoms with E-state index in [0.29, 0.717) is 11.1 Å². The minimum Gasteiger partial charge on any atom is -0.472 e. The van der Waals surface area contributed by atoms with Gasteiger partial charge in [-0.2, -0.15) is 0 Å². The molecule has 0 spiro atoms. The smallest absolute Gasteiger partial charge is 0.170 e. The summed E-state index contributed by atoms with van der Waals surface area (Å²) in [5.41, 5.74) is 0.856. The Morgan fingerprint density at radius 3 is 2.62 bits per heavy atom. The number of hydrogen-bond donors (Lipinski definition) is 0. The molecule has 0 amide bonds. The Hall–Kier alpha value is -1.97. The first kappa shape index (κ1) is 10.5. The zero-order valence-electron chi connectivity index (χ0n) is 8.24. The van der Waals surface area contributed by atoms with E-state index in [-0.39, 0.29) is 12.2 Å². The number of Topliss-reactive ketones (excluding diaryl/α,β-unsaturated/α-hetero) is 1. The molecule has 2 nitrogen and oxygen atoms in total. The maximum Gasteiger partial charge on any atom is 0.170 e. The third kappa shape index (κ3) is 2.16. The molecule has 1 aromatic carbocycles. The number of hydrogen-bond acceptors (Lipinski definition) is 2. The Labute approximate surface area is 90.5 Å². The number of rotatable bonds is 3. The number of carbonyl (C=O) groups excluding carboxylic acids is 1. The number of furan rings is 1. The summed E-state index contributed by atoms with van der Waals surface area (Å²) in [5, 5.41) is 0. The molecule has 0 aliphatic rings. The van der Waals surface area contributed by atoms with E-state index in [0.717, 1.165) is 12.1 Å². The van der Waals surface area contributed by atoms with Gasteiger partial charge in [-0.05, 0) is 23.8 Å². The summed E-state index contributed by atoms with van der Waals surface area (Å²) in [5.74, 6) is -2.06. The van der Waals surface area contributed by atoms with Gasteiger partial charge in [-0.15, -0.1) is 0 Å². The highest BCUT2D eigenvalue weighted by Gasteiger charge is 2.10. The zero-order chi connectivity index (χ0) is 11.5. The van der Waals surface area contributed by atoms with Gasteiger partial charge in [0.15, 0.2) is 17.4 Å². The molecule has 0 N–H and O–H groups in total. The Morgan fingerprint density at radius 2 is 2.00 bits per heavy atom. The van der Waals surface area contributed by atoms with Gasteiger partial charge in [0.25, 0.3) is 0 Å². The molecule has 2 rings (SSSR count). The van der Waals surface area contributed by atoms with E-state index in [1.165, 1.54) is 24.7 Å². The second-order valence-electron chi connectivity index (χ2n) is 3.36. The van der Waals surface area contributed by atoms with Crippen molar-refractivity contribution in [3.8, 4) is 0 Å². The fourth-order valence-electron chi connectivity index (χ4n) is 1.36. The summed E-state index contributed by atoms with van der Waals surface area (Å²) < 4.78 is 30.3. The van der Waals surface area contributed by atoms with Crippen molar-refractivity contribution in [1.29, 1.82) is 0 Å². The van der Waals surface area contributed by atoms with E-state index >= 15 is 0 Å². The fraction of sp³-hybridized carbons (Fsp3) is 0.0833. The van der Waals surface area contributed by atoms with Crippen LogP contribution in [-0.2, 0) is 6.42 Å². The van der Waals surface area contributed by atoms with Crippen LogP contribution in [0, 0.1) is 11.6 Å². The summed E-state index contributed by atoms with van der Waals surface area (Å²) in [6.45, 7) is 0. The van der Waals surface area contributed by atoms with Crippen LogP contribution < -0.4 is 0 Å². The second-order valence-corrected chi connectivity index (χ2v) is 3.36. The Balaban J connectivity index is 2.15. The van der Waals surface area contributed by atoms with Gasteiger partial charge in [0.2, 0.25) is 0 Å². The minimum absolute atomic E-state index is 0.0245. The quantitative estimate of drug-likeness (QED) is 0.747. The van der Waals surface area contributed by atoms with Crippen LogP contribution in [0.2, 0.25) is 0 Å². The van der Waals surface area contributed by atoms with Crippen molar-refractivity contribution < 1.29 is 18.0 Å². The van der Waals surface area contributed by atoms with Crippen LogP contribution in [0.1, 0.15) is 15.9 Å². The van der Waals surface area contributed by atoms with Gasteiger partial charge in [-0.25, -0.2) is 8.78 Å². The molecule has 82 valence electrons. The SMILES string of the molecule is O=C(Cc1ccc(F)c(F)c1)c1ccoc1. The lowest BCUT2D eigenvalue weighted by atomic mass is 10.1. The highest BCUT2D eigenvalue weighted by atomic mass is 19.2. The summed E-state index contributed by atoms with van der Waals surface area (Å²) >= 11 is 0. The van der Waals surface area contributed by atoms with E-state index in [2.05, 4.69) is 0 Å². The van der Waals surface area contributed by atoms with Gasteiger partial charge in [0.05, 0.1) is 11.8 Å². The van der Waals surface area contributed by atoms with E-state index in [4.69, 9.17) is 4.42 Å². The molecule has 0 aliphatic carbocycles. The van der Waals surface area contributed by atoms with Crippen LogP contribution in [0.15, 0.2) is 41.2 Å². The third-order valence-electron chi connectivity index (χ3n) is 2.19. The van der Waals surface area contributed by atoms with Crippen molar-refractivity contribution in [2.24, 2.45) is 0 Å². The lowest BCUT2D eigenvalue weighted by Gasteiger charge is -2.00. The first-order valence-electron chi connectivity index (χ1n) is 4.66. The lowest BCUT2D eigenvalue weighted by molar-refractivity contribution is 0.0992. The molecular formula is C12H8F2O2. The average Bonchev–Trinajstić information content (AvgIpc) is 2.77. The minimum atomic E-state index is -0.947. The first-order chi connectivity index (χ1) is 7.66. The molecule has 1 aromatic heterocycles. The van der Waals surface area contributed by atoms with Crippen LogP contribution in [0.25, 0.3) is 0 Å². The fourth-order valence-corrected chi connectivity index (χ4v) is 1.36. The predicted molar refractivity (Wildman–Crippen MR) is 53.1 cm³/mol. The molecule has 16 heavy (non-hydrogen) atoms. The zero-order valence-corrected chi connectivity index (χ0v) is 8.24. The van der Waals surface area contributed by atoms with Gasteiger partial charge in [0.1, 0.15) is 6.26 Å². The predicted octanol–water partition coefficient (Wildman–Crippen LogP) is 2.98. The van der Waals surface area contributed by atoms with Crippen LogP contribution in [0.5, 0.6) is 0 Å². The molecule has 2 aromatic rings. The number of ketones is 1. The Kier molecular flexibility index (Phi) is 2.81.